The molecule has 2 aliphatic heterocycles. The van der Waals surface area contributed by atoms with Crippen LogP contribution in [0.3, 0.4) is 0 Å². The first-order chi connectivity index (χ1) is 18.7. The molecule has 2 heterocycles. The zero-order valence-electron chi connectivity index (χ0n) is 26.1. The molecule has 0 N–H and O–H groups in total. The fraction of sp³-hybridized carbons (Fsp3) is 1.00. The Balaban J connectivity index is 1.75. The van der Waals surface area contributed by atoms with Crippen LogP contribution in [-0.2, 0) is 13.3 Å². The van der Waals surface area contributed by atoms with Gasteiger partial charge in [0, 0.05) is 13.2 Å². The van der Waals surface area contributed by atoms with Gasteiger partial charge >= 0.3 is 8.80 Å². The van der Waals surface area contributed by atoms with Crippen LogP contribution in [0.4, 0.5) is 0 Å². The van der Waals surface area contributed by atoms with Gasteiger partial charge in [0.15, 0.2) is 0 Å². The predicted octanol–water partition coefficient (Wildman–Crippen LogP) is 10.1. The highest BCUT2D eigenvalue weighted by Crippen LogP contribution is 2.33. The van der Waals surface area contributed by atoms with Gasteiger partial charge in [0.25, 0.3) is 0 Å². The monoisotopic (exact) mass is 553 g/mol. The fourth-order valence-corrected chi connectivity index (χ4v) is 9.21. The summed E-state index contributed by atoms with van der Waals surface area (Å²) in [7, 11) is -0.716. The molecule has 0 saturated carbocycles. The normalized spacial score (nSPS) is 24.7. The van der Waals surface area contributed by atoms with Crippen molar-refractivity contribution in [2.75, 3.05) is 26.7 Å². The Bertz CT molecular complexity index is 530. The van der Waals surface area contributed by atoms with Gasteiger partial charge in [-0.15, -0.1) is 0 Å². The van der Waals surface area contributed by atoms with E-state index < -0.39 is 8.80 Å². The van der Waals surface area contributed by atoms with E-state index in [4.69, 9.17) is 13.3 Å². The molecule has 0 radical (unpaired) electrons. The van der Waals surface area contributed by atoms with E-state index in [2.05, 4.69) is 18.7 Å². The van der Waals surface area contributed by atoms with Crippen molar-refractivity contribution in [2.24, 2.45) is 0 Å². The van der Waals surface area contributed by atoms with Gasteiger partial charge in [-0.25, -0.2) is 0 Å². The Labute approximate surface area is 239 Å². The molecule has 0 aromatic heterocycles. The van der Waals surface area contributed by atoms with E-state index in [-0.39, 0.29) is 0 Å². The number of likely N-dealkylation sites (tertiary alicyclic amines) is 1. The van der Waals surface area contributed by atoms with Gasteiger partial charge in [-0.05, 0) is 58.2 Å². The second-order valence-corrected chi connectivity index (χ2v) is 15.2. The zero-order valence-corrected chi connectivity index (χ0v) is 27.1. The molecule has 2 unspecified atom stereocenters. The number of nitrogens with zero attached hydrogens (tertiary/aromatic N) is 1. The van der Waals surface area contributed by atoms with Gasteiger partial charge in [-0.3, -0.25) is 0 Å². The molecule has 3 atom stereocenters. The van der Waals surface area contributed by atoms with Crippen LogP contribution in [0.2, 0.25) is 6.04 Å². The van der Waals surface area contributed by atoms with Crippen molar-refractivity contribution < 1.29 is 13.3 Å². The third-order valence-corrected chi connectivity index (χ3v) is 11.9. The number of rotatable bonds is 24. The van der Waals surface area contributed by atoms with E-state index in [0.29, 0.717) is 12.2 Å². The molecule has 2 aliphatic rings. The molecule has 0 aromatic carbocycles. The highest BCUT2D eigenvalue weighted by molar-refractivity contribution is 6.60. The summed E-state index contributed by atoms with van der Waals surface area (Å²) in [6.07, 6.45) is 32.9. The van der Waals surface area contributed by atoms with E-state index in [9.17, 15) is 0 Å². The number of unbranched alkanes of at least 4 members (excludes halogenated alkanes) is 15. The van der Waals surface area contributed by atoms with Crippen molar-refractivity contribution in [3.05, 3.63) is 0 Å². The minimum absolute atomic E-state index is 0.342. The number of hydrogen-bond donors (Lipinski definition) is 0. The van der Waals surface area contributed by atoms with Crippen molar-refractivity contribution in [1.29, 1.82) is 0 Å². The molecule has 2 fully saturated rings. The Kier molecular flexibility index (Phi) is 20.5. The van der Waals surface area contributed by atoms with Crippen molar-refractivity contribution >= 4 is 8.80 Å². The molecule has 226 valence electrons. The lowest BCUT2D eigenvalue weighted by Gasteiger charge is -2.42. The lowest BCUT2D eigenvalue weighted by Crippen LogP contribution is -2.55. The maximum Gasteiger partial charge on any atom is 0.501 e. The Morgan fingerprint density at radius 1 is 0.605 bits per heavy atom. The second-order valence-electron chi connectivity index (χ2n) is 12.5. The summed E-state index contributed by atoms with van der Waals surface area (Å²) in [4.78, 5) is 2.64. The van der Waals surface area contributed by atoms with Crippen LogP contribution in [0.5, 0.6) is 0 Å². The summed E-state index contributed by atoms with van der Waals surface area (Å²) >= 11 is 0. The molecular formula is C33H67NO3Si. The molecule has 4 nitrogen and oxygen atoms in total. The Hall–Kier alpha value is 0.0569. The standard InChI is InChI=1S/C33H67NO3Si/c1-4-6-8-10-12-14-16-18-21-26-33-31-32(25-20-17-15-13-11-9-7-5-2)36-38(35-3,37-33)30-24-29-34-27-22-19-23-28-34/h32-33H,4-31H2,1-3H3/t32?,33-,38?/m1/s1. The molecule has 38 heavy (non-hydrogen) atoms. The van der Waals surface area contributed by atoms with Gasteiger partial charge in [-0.1, -0.05) is 129 Å². The van der Waals surface area contributed by atoms with Crippen molar-refractivity contribution in [1.82, 2.24) is 4.90 Å². The zero-order chi connectivity index (χ0) is 27.2. The van der Waals surface area contributed by atoms with Crippen molar-refractivity contribution in [3.8, 4) is 0 Å². The molecule has 5 heteroatoms. The molecule has 2 rings (SSSR count). The van der Waals surface area contributed by atoms with Crippen molar-refractivity contribution in [2.45, 2.75) is 186 Å². The van der Waals surface area contributed by atoms with Crippen LogP contribution in [0.1, 0.15) is 168 Å². The summed E-state index contributed by atoms with van der Waals surface area (Å²) in [6, 6.07) is 0.988. The van der Waals surface area contributed by atoms with Crippen molar-refractivity contribution in [3.63, 3.8) is 0 Å². The Morgan fingerprint density at radius 2 is 1.05 bits per heavy atom. The number of hydrogen-bond acceptors (Lipinski definition) is 4. The highest BCUT2D eigenvalue weighted by Gasteiger charge is 2.48. The Morgan fingerprint density at radius 3 is 1.50 bits per heavy atom. The minimum Gasteiger partial charge on any atom is -0.377 e. The molecule has 0 aliphatic carbocycles. The largest absolute Gasteiger partial charge is 0.501 e. The van der Waals surface area contributed by atoms with Crippen LogP contribution < -0.4 is 0 Å². The summed E-state index contributed by atoms with van der Waals surface area (Å²) in [6.45, 7) is 8.32. The quantitative estimate of drug-likeness (QED) is 0.0878. The highest BCUT2D eigenvalue weighted by atomic mass is 28.4. The van der Waals surface area contributed by atoms with Gasteiger partial charge in [-0.2, -0.15) is 0 Å². The molecule has 0 bridgehead atoms. The minimum atomic E-state index is -2.58. The second kappa shape index (κ2) is 22.7. The first-order valence-electron chi connectivity index (χ1n) is 17.3. The van der Waals surface area contributed by atoms with Crippen LogP contribution in [0.25, 0.3) is 0 Å². The van der Waals surface area contributed by atoms with E-state index >= 15 is 0 Å². The first kappa shape index (κ1) is 34.3. The average Bonchev–Trinajstić information content (AvgIpc) is 2.94. The lowest BCUT2D eigenvalue weighted by molar-refractivity contribution is -0.0562. The van der Waals surface area contributed by atoms with Crippen LogP contribution in [-0.4, -0.2) is 52.7 Å². The van der Waals surface area contributed by atoms with E-state index in [1.807, 2.05) is 7.11 Å². The molecular weight excluding hydrogens is 486 g/mol. The topological polar surface area (TPSA) is 30.9 Å². The maximum absolute atomic E-state index is 6.77. The lowest BCUT2D eigenvalue weighted by atomic mass is 9.99. The van der Waals surface area contributed by atoms with Crippen LogP contribution in [0, 0.1) is 0 Å². The molecule has 0 spiro atoms. The maximum atomic E-state index is 6.77. The average molecular weight is 554 g/mol. The van der Waals surface area contributed by atoms with Gasteiger partial charge in [0.2, 0.25) is 0 Å². The van der Waals surface area contributed by atoms with E-state index in [1.54, 1.807) is 0 Å². The summed E-state index contributed by atoms with van der Waals surface area (Å²) in [5.41, 5.74) is 0. The fourth-order valence-electron chi connectivity index (χ4n) is 6.49. The SMILES string of the molecule is CCCCCCCCCCC[C@@H]1CC(CCCCCCCCCC)O[Si](CCCN2CCCCC2)(OC)O1. The van der Waals surface area contributed by atoms with Crippen LogP contribution >= 0.6 is 0 Å². The predicted molar refractivity (Wildman–Crippen MR) is 166 cm³/mol. The summed E-state index contributed by atoms with van der Waals surface area (Å²) < 4.78 is 19.7. The summed E-state index contributed by atoms with van der Waals surface area (Å²) in [5, 5.41) is 0. The molecule has 0 amide bonds. The van der Waals surface area contributed by atoms with E-state index in [1.165, 1.54) is 161 Å². The third-order valence-electron chi connectivity index (χ3n) is 8.94. The molecule has 2 saturated heterocycles. The first-order valence-corrected chi connectivity index (χ1v) is 19.3. The smallest absolute Gasteiger partial charge is 0.377 e. The summed E-state index contributed by atoms with van der Waals surface area (Å²) in [5.74, 6) is 0. The van der Waals surface area contributed by atoms with E-state index in [0.717, 1.165) is 18.9 Å². The number of piperidine rings is 1. The third kappa shape index (κ3) is 15.7. The van der Waals surface area contributed by atoms with Gasteiger partial charge in [0.1, 0.15) is 0 Å². The van der Waals surface area contributed by atoms with Crippen LogP contribution in [0.15, 0.2) is 0 Å². The van der Waals surface area contributed by atoms with Gasteiger partial charge in [0.05, 0.1) is 12.2 Å². The molecule has 0 aromatic rings. The van der Waals surface area contributed by atoms with Gasteiger partial charge < -0.3 is 18.2 Å².